The van der Waals surface area contributed by atoms with Gasteiger partial charge >= 0.3 is 5.97 Å². The number of aromatic hydroxyl groups is 1. The number of hydrogen-bond donors (Lipinski definition) is 4. The van der Waals surface area contributed by atoms with Crippen LogP contribution in [0.1, 0.15) is 21.6 Å². The molecule has 1 atom stereocenters. The molecule has 1 amide bonds. The first-order valence-corrected chi connectivity index (χ1v) is 6.29. The fraction of sp³-hybridized carbons (Fsp3) is 0.214. The molecule has 4 N–H and O–H groups in total. The standard InChI is InChI=1S/C14H15N3O4/c1-8-11(7-15-17-8)13(19)16-12(14(20)21)6-9-2-4-10(18)5-3-9/h2-5,7,12,18H,6H2,1H3,(H,15,17)(H,16,19)(H,20,21)/t12-/m1/s1. The molecule has 2 rings (SSSR count). The largest absolute Gasteiger partial charge is 0.508 e. The number of aryl methyl sites for hydroxylation is 1. The summed E-state index contributed by atoms with van der Waals surface area (Å²) < 4.78 is 0. The Balaban J connectivity index is 2.09. The van der Waals surface area contributed by atoms with Crippen molar-refractivity contribution in [1.82, 2.24) is 15.5 Å². The fourth-order valence-corrected chi connectivity index (χ4v) is 1.88. The second-order valence-corrected chi connectivity index (χ2v) is 4.64. The van der Waals surface area contributed by atoms with Gasteiger partial charge in [0, 0.05) is 12.1 Å². The molecule has 0 fully saturated rings. The average Bonchev–Trinajstić information content (AvgIpc) is 2.86. The third-order valence-electron chi connectivity index (χ3n) is 3.05. The molecule has 1 aromatic heterocycles. The van der Waals surface area contributed by atoms with Gasteiger partial charge in [-0.1, -0.05) is 12.1 Å². The Morgan fingerprint density at radius 1 is 1.33 bits per heavy atom. The predicted molar refractivity (Wildman–Crippen MR) is 74.0 cm³/mol. The van der Waals surface area contributed by atoms with Crippen molar-refractivity contribution >= 4 is 11.9 Å². The summed E-state index contributed by atoms with van der Waals surface area (Å²) in [6.07, 6.45) is 1.47. The Hall–Kier alpha value is -2.83. The molecule has 0 bridgehead atoms. The normalized spacial score (nSPS) is 11.9. The minimum atomic E-state index is -1.13. The smallest absolute Gasteiger partial charge is 0.326 e. The number of H-pyrrole nitrogens is 1. The molecule has 110 valence electrons. The number of phenols is 1. The molecule has 0 aliphatic rings. The number of carboxylic acid groups (broad SMARTS) is 1. The van der Waals surface area contributed by atoms with Crippen LogP contribution >= 0.6 is 0 Å². The van der Waals surface area contributed by atoms with Gasteiger partial charge in [-0.15, -0.1) is 0 Å². The summed E-state index contributed by atoms with van der Waals surface area (Å²) in [6.45, 7) is 1.68. The Morgan fingerprint density at radius 3 is 2.52 bits per heavy atom. The number of phenolic OH excluding ortho intramolecular Hbond substituents is 1. The van der Waals surface area contributed by atoms with E-state index in [0.717, 1.165) is 0 Å². The number of nitrogens with one attached hydrogen (secondary N) is 2. The Morgan fingerprint density at radius 2 is 2.00 bits per heavy atom. The van der Waals surface area contributed by atoms with E-state index in [-0.39, 0.29) is 12.2 Å². The van der Waals surface area contributed by atoms with Crippen LogP contribution in [0.15, 0.2) is 30.5 Å². The van der Waals surface area contributed by atoms with Gasteiger partial charge < -0.3 is 15.5 Å². The first kappa shape index (κ1) is 14.6. The molecule has 0 saturated carbocycles. The molecule has 1 heterocycles. The highest BCUT2D eigenvalue weighted by molar-refractivity contribution is 5.97. The summed E-state index contributed by atoms with van der Waals surface area (Å²) in [5.74, 6) is -1.52. The van der Waals surface area contributed by atoms with Gasteiger partial charge in [-0.05, 0) is 24.6 Å². The van der Waals surface area contributed by atoms with Crippen LogP contribution < -0.4 is 5.32 Å². The molecule has 0 unspecified atom stereocenters. The van der Waals surface area contributed by atoms with Crippen LogP contribution in [0, 0.1) is 6.92 Å². The Labute approximate surface area is 120 Å². The number of carbonyl (C=O) groups excluding carboxylic acids is 1. The molecule has 0 spiro atoms. The van der Waals surface area contributed by atoms with E-state index in [1.807, 2.05) is 0 Å². The highest BCUT2D eigenvalue weighted by Crippen LogP contribution is 2.12. The molecule has 0 aliphatic heterocycles. The van der Waals surface area contributed by atoms with Crippen molar-refractivity contribution in [1.29, 1.82) is 0 Å². The maximum atomic E-state index is 12.0. The highest BCUT2D eigenvalue weighted by Gasteiger charge is 2.22. The van der Waals surface area contributed by atoms with Crippen LogP contribution in [-0.4, -0.2) is 38.3 Å². The van der Waals surface area contributed by atoms with E-state index >= 15 is 0 Å². The van der Waals surface area contributed by atoms with Gasteiger partial charge in [-0.3, -0.25) is 9.89 Å². The summed E-state index contributed by atoms with van der Waals surface area (Å²) in [5, 5.41) is 27.2. The first-order valence-electron chi connectivity index (χ1n) is 6.29. The van der Waals surface area contributed by atoms with Gasteiger partial charge in [0.15, 0.2) is 0 Å². The molecular weight excluding hydrogens is 274 g/mol. The molecule has 0 aliphatic carbocycles. The number of aromatic nitrogens is 2. The van der Waals surface area contributed by atoms with Gasteiger partial charge in [0.1, 0.15) is 11.8 Å². The van der Waals surface area contributed by atoms with E-state index in [9.17, 15) is 19.8 Å². The SMILES string of the molecule is Cc1[nH]ncc1C(=O)N[C@H](Cc1ccc(O)cc1)C(=O)O. The van der Waals surface area contributed by atoms with Crippen LogP contribution in [0.2, 0.25) is 0 Å². The second kappa shape index (κ2) is 6.08. The van der Waals surface area contributed by atoms with Crippen molar-refractivity contribution in [2.24, 2.45) is 0 Å². The lowest BCUT2D eigenvalue weighted by Crippen LogP contribution is -2.42. The number of aliphatic carboxylic acids is 1. The van der Waals surface area contributed by atoms with Crippen LogP contribution in [-0.2, 0) is 11.2 Å². The number of aromatic amines is 1. The molecule has 1 aromatic carbocycles. The zero-order chi connectivity index (χ0) is 15.4. The lowest BCUT2D eigenvalue weighted by atomic mass is 10.1. The molecule has 7 nitrogen and oxygen atoms in total. The van der Waals surface area contributed by atoms with Gasteiger partial charge in [-0.25, -0.2) is 4.79 Å². The molecule has 0 radical (unpaired) electrons. The van der Waals surface area contributed by atoms with E-state index in [1.54, 1.807) is 19.1 Å². The van der Waals surface area contributed by atoms with Crippen LogP contribution in [0.25, 0.3) is 0 Å². The summed E-state index contributed by atoms with van der Waals surface area (Å²) in [4.78, 5) is 23.3. The second-order valence-electron chi connectivity index (χ2n) is 4.64. The van der Waals surface area contributed by atoms with Crippen LogP contribution in [0.3, 0.4) is 0 Å². The van der Waals surface area contributed by atoms with Gasteiger partial charge in [-0.2, -0.15) is 5.10 Å². The number of benzene rings is 1. The Kier molecular flexibility index (Phi) is 4.22. The maximum Gasteiger partial charge on any atom is 0.326 e. The number of carbonyl (C=O) groups is 2. The molecule has 2 aromatic rings. The highest BCUT2D eigenvalue weighted by atomic mass is 16.4. The van der Waals surface area contributed by atoms with Gasteiger partial charge in [0.05, 0.1) is 11.8 Å². The molecule has 21 heavy (non-hydrogen) atoms. The number of amides is 1. The third-order valence-corrected chi connectivity index (χ3v) is 3.05. The van der Waals surface area contributed by atoms with E-state index in [0.29, 0.717) is 16.8 Å². The molecular formula is C14H15N3O4. The summed E-state index contributed by atoms with van der Waals surface area (Å²) in [7, 11) is 0. The predicted octanol–water partition coefficient (Wildman–Crippen LogP) is 0.849. The fourth-order valence-electron chi connectivity index (χ4n) is 1.88. The van der Waals surface area contributed by atoms with Crippen molar-refractivity contribution in [2.45, 2.75) is 19.4 Å². The van der Waals surface area contributed by atoms with E-state index in [1.165, 1.54) is 18.3 Å². The van der Waals surface area contributed by atoms with Crippen molar-refractivity contribution < 1.29 is 19.8 Å². The van der Waals surface area contributed by atoms with Crippen molar-refractivity contribution in [2.75, 3.05) is 0 Å². The number of rotatable bonds is 5. The van der Waals surface area contributed by atoms with E-state index in [4.69, 9.17) is 0 Å². The zero-order valence-electron chi connectivity index (χ0n) is 11.3. The first-order chi connectivity index (χ1) is 9.97. The van der Waals surface area contributed by atoms with Crippen molar-refractivity contribution in [3.63, 3.8) is 0 Å². The number of carboxylic acids is 1. The van der Waals surface area contributed by atoms with E-state index < -0.39 is 17.9 Å². The lowest BCUT2D eigenvalue weighted by Gasteiger charge is -2.14. The van der Waals surface area contributed by atoms with Crippen LogP contribution in [0.5, 0.6) is 5.75 Å². The van der Waals surface area contributed by atoms with Crippen molar-refractivity contribution in [3.8, 4) is 5.75 Å². The quantitative estimate of drug-likeness (QED) is 0.651. The van der Waals surface area contributed by atoms with Gasteiger partial charge in [0.25, 0.3) is 5.91 Å². The molecule has 0 saturated heterocycles. The summed E-state index contributed by atoms with van der Waals surface area (Å²) in [5.41, 5.74) is 1.58. The summed E-state index contributed by atoms with van der Waals surface area (Å²) in [6, 6.07) is 5.10. The van der Waals surface area contributed by atoms with Gasteiger partial charge in [0.2, 0.25) is 0 Å². The minimum absolute atomic E-state index is 0.101. The maximum absolute atomic E-state index is 12.0. The topological polar surface area (TPSA) is 115 Å². The van der Waals surface area contributed by atoms with Crippen LogP contribution in [0.4, 0.5) is 0 Å². The monoisotopic (exact) mass is 289 g/mol. The lowest BCUT2D eigenvalue weighted by molar-refractivity contribution is -0.139. The average molecular weight is 289 g/mol. The Bertz CT molecular complexity index is 648. The van der Waals surface area contributed by atoms with Crippen molar-refractivity contribution in [3.05, 3.63) is 47.3 Å². The zero-order valence-corrected chi connectivity index (χ0v) is 11.3. The number of hydrogen-bond acceptors (Lipinski definition) is 4. The minimum Gasteiger partial charge on any atom is -0.508 e. The molecule has 7 heteroatoms. The summed E-state index contributed by atoms with van der Waals surface area (Å²) >= 11 is 0. The number of nitrogens with zero attached hydrogens (tertiary/aromatic N) is 1. The third kappa shape index (κ3) is 3.59. The van der Waals surface area contributed by atoms with E-state index in [2.05, 4.69) is 15.5 Å².